The Kier molecular flexibility index (Phi) is 6.84. The van der Waals surface area contributed by atoms with Crippen LogP contribution in [-0.4, -0.2) is 41.8 Å². The van der Waals surface area contributed by atoms with E-state index in [2.05, 4.69) is 20.1 Å². The molecule has 0 radical (unpaired) electrons. The van der Waals surface area contributed by atoms with Gasteiger partial charge in [0.25, 0.3) is 0 Å². The highest BCUT2D eigenvalue weighted by Gasteiger charge is 2.30. The second kappa shape index (κ2) is 10.4. The summed E-state index contributed by atoms with van der Waals surface area (Å²) in [7, 11) is 0. The molecule has 12 nitrogen and oxygen atoms in total. The zero-order valence-electron chi connectivity index (χ0n) is 19.3. The van der Waals surface area contributed by atoms with E-state index in [1.807, 2.05) is 0 Å². The number of nitrogens with one attached hydrogen (secondary N) is 1. The standard InChI is InChI=1S/C24H21ClN6O6/c25-16-5-1-14(2-6-16)11-30-21(28-23(34)31(24(30)35)12-18(33)13-32)26-17-7-9-19(10-8-17)36-22-27-20(37-29-22)15-3-4-15/h1-2,5-10,15,32H,3-4,11-13H2,(H,26,28,34). The summed E-state index contributed by atoms with van der Waals surface area (Å²) >= 11 is 5.96. The number of Topliss-reactive ketones (excluding diaryl/α,β-unsaturated/α-hetero) is 1. The molecule has 1 saturated carbocycles. The SMILES string of the molecule is O=C(CO)Cn1c(=O)[nH]/c(=N\c2ccc(Oc3noc(C4CC4)n3)cc2)n(Cc2ccc(Cl)cc2)c1=O. The maximum absolute atomic E-state index is 13.2. The topological polar surface area (TPSA) is 158 Å². The summed E-state index contributed by atoms with van der Waals surface area (Å²) in [6, 6.07) is 13.4. The first kappa shape index (κ1) is 24.4. The lowest BCUT2D eigenvalue weighted by molar-refractivity contribution is -0.122. The molecule has 4 aromatic rings. The number of nitrogens with zero attached hydrogens (tertiary/aromatic N) is 5. The molecule has 0 aliphatic heterocycles. The van der Waals surface area contributed by atoms with Crippen LogP contribution in [0.25, 0.3) is 0 Å². The number of ether oxygens (including phenoxy) is 1. The summed E-state index contributed by atoms with van der Waals surface area (Å²) in [6.07, 6.45) is 2.06. The fourth-order valence-corrected chi connectivity index (χ4v) is 3.62. The zero-order chi connectivity index (χ0) is 25.9. The number of aromatic amines is 1. The number of hydrogen-bond donors (Lipinski definition) is 2. The number of aliphatic hydroxyl groups excluding tert-OH is 1. The molecule has 2 aromatic carbocycles. The molecular formula is C24H21ClN6O6. The van der Waals surface area contributed by atoms with E-state index in [-0.39, 0.29) is 18.2 Å². The van der Waals surface area contributed by atoms with Crippen LogP contribution >= 0.6 is 11.6 Å². The highest BCUT2D eigenvalue weighted by Crippen LogP contribution is 2.39. The van der Waals surface area contributed by atoms with Gasteiger partial charge < -0.3 is 14.4 Å². The third kappa shape index (κ3) is 5.76. The van der Waals surface area contributed by atoms with Crippen LogP contribution in [-0.2, 0) is 17.9 Å². The summed E-state index contributed by atoms with van der Waals surface area (Å²) in [4.78, 5) is 48.7. The Morgan fingerprint density at radius 2 is 1.86 bits per heavy atom. The molecule has 37 heavy (non-hydrogen) atoms. The van der Waals surface area contributed by atoms with E-state index in [0.29, 0.717) is 38.4 Å². The number of carbonyl (C=O) groups is 1. The van der Waals surface area contributed by atoms with E-state index in [1.165, 1.54) is 4.57 Å². The number of benzene rings is 2. The van der Waals surface area contributed by atoms with Gasteiger partial charge in [0, 0.05) is 10.9 Å². The monoisotopic (exact) mass is 524 g/mol. The second-order valence-electron chi connectivity index (χ2n) is 8.43. The fraction of sp³-hybridized carbons (Fsp3) is 0.250. The average molecular weight is 525 g/mol. The van der Waals surface area contributed by atoms with E-state index in [0.717, 1.165) is 12.8 Å². The van der Waals surface area contributed by atoms with Gasteiger partial charge in [0.2, 0.25) is 11.5 Å². The van der Waals surface area contributed by atoms with Crippen molar-refractivity contribution in [2.75, 3.05) is 6.61 Å². The van der Waals surface area contributed by atoms with Gasteiger partial charge in [-0.05, 0) is 60.0 Å². The van der Waals surface area contributed by atoms with Gasteiger partial charge in [0.1, 0.15) is 12.4 Å². The molecule has 2 N–H and O–H groups in total. The molecule has 2 aromatic heterocycles. The lowest BCUT2D eigenvalue weighted by Gasteiger charge is -2.11. The molecule has 0 saturated heterocycles. The molecular weight excluding hydrogens is 504 g/mol. The maximum Gasteiger partial charge on any atom is 0.359 e. The van der Waals surface area contributed by atoms with Crippen LogP contribution in [0.5, 0.6) is 11.8 Å². The Hall–Kier alpha value is -4.29. The molecule has 190 valence electrons. The lowest BCUT2D eigenvalue weighted by Crippen LogP contribution is -2.51. The summed E-state index contributed by atoms with van der Waals surface area (Å²) in [5, 5.41) is 13.4. The van der Waals surface area contributed by atoms with Crippen LogP contribution < -0.4 is 21.7 Å². The van der Waals surface area contributed by atoms with Crippen LogP contribution in [0.4, 0.5) is 5.69 Å². The molecule has 0 spiro atoms. The number of hydrogen-bond acceptors (Lipinski definition) is 9. The van der Waals surface area contributed by atoms with E-state index in [1.54, 1.807) is 48.5 Å². The van der Waals surface area contributed by atoms with Crippen molar-refractivity contribution in [3.63, 3.8) is 0 Å². The molecule has 0 amide bonds. The van der Waals surface area contributed by atoms with Crippen LogP contribution in [0.1, 0.15) is 30.2 Å². The third-order valence-corrected chi connectivity index (χ3v) is 5.83. The summed E-state index contributed by atoms with van der Waals surface area (Å²) in [5.74, 6) is 0.635. The molecule has 1 fully saturated rings. The van der Waals surface area contributed by atoms with E-state index in [9.17, 15) is 14.4 Å². The highest BCUT2D eigenvalue weighted by molar-refractivity contribution is 6.30. The Balaban J connectivity index is 1.48. The fourth-order valence-electron chi connectivity index (χ4n) is 3.50. The molecule has 2 heterocycles. The van der Waals surface area contributed by atoms with Gasteiger partial charge in [-0.25, -0.2) is 19.1 Å². The van der Waals surface area contributed by atoms with Gasteiger partial charge >= 0.3 is 17.4 Å². The van der Waals surface area contributed by atoms with Crippen molar-refractivity contribution in [1.29, 1.82) is 0 Å². The number of carbonyl (C=O) groups excluding carboxylic acids is 1. The maximum atomic E-state index is 13.2. The van der Waals surface area contributed by atoms with Crippen molar-refractivity contribution in [2.24, 2.45) is 4.99 Å². The van der Waals surface area contributed by atoms with Gasteiger partial charge in [0.15, 0.2) is 5.78 Å². The van der Waals surface area contributed by atoms with Crippen molar-refractivity contribution < 1.29 is 19.2 Å². The number of aliphatic hydroxyl groups is 1. The predicted molar refractivity (Wildman–Crippen MR) is 130 cm³/mol. The largest absolute Gasteiger partial charge is 0.422 e. The number of ketones is 1. The average Bonchev–Trinajstić information content (AvgIpc) is 3.65. The lowest BCUT2D eigenvalue weighted by atomic mass is 10.2. The predicted octanol–water partition coefficient (Wildman–Crippen LogP) is 1.89. The first-order valence-corrected chi connectivity index (χ1v) is 11.7. The third-order valence-electron chi connectivity index (χ3n) is 5.58. The number of rotatable bonds is 9. The van der Waals surface area contributed by atoms with Crippen LogP contribution in [0.3, 0.4) is 0 Å². The van der Waals surface area contributed by atoms with E-state index >= 15 is 0 Å². The summed E-state index contributed by atoms with van der Waals surface area (Å²) in [6.45, 7) is -1.33. The normalized spacial score (nSPS) is 13.6. The van der Waals surface area contributed by atoms with Gasteiger partial charge in [0.05, 0.1) is 18.8 Å². The van der Waals surface area contributed by atoms with Gasteiger partial charge in [-0.3, -0.25) is 14.3 Å². The smallest absolute Gasteiger partial charge is 0.359 e. The van der Waals surface area contributed by atoms with Crippen molar-refractivity contribution in [3.05, 3.63) is 91.6 Å². The van der Waals surface area contributed by atoms with Gasteiger partial charge in [-0.1, -0.05) is 23.7 Å². The molecule has 5 rings (SSSR count). The molecule has 0 bridgehead atoms. The number of halogens is 1. The minimum Gasteiger partial charge on any atom is -0.422 e. The Labute approximate surface area is 213 Å². The molecule has 1 aliphatic rings. The highest BCUT2D eigenvalue weighted by atomic mass is 35.5. The Bertz CT molecular complexity index is 1610. The minimum atomic E-state index is -0.832. The summed E-state index contributed by atoms with van der Waals surface area (Å²) in [5.41, 5.74) is -0.490. The van der Waals surface area contributed by atoms with E-state index < -0.39 is 30.3 Å². The molecule has 13 heteroatoms. The number of aromatic nitrogens is 5. The van der Waals surface area contributed by atoms with Crippen molar-refractivity contribution in [3.8, 4) is 11.8 Å². The Morgan fingerprint density at radius 3 is 2.54 bits per heavy atom. The molecule has 0 unspecified atom stereocenters. The van der Waals surface area contributed by atoms with Crippen molar-refractivity contribution >= 4 is 23.1 Å². The molecule has 0 atom stereocenters. The van der Waals surface area contributed by atoms with Crippen molar-refractivity contribution in [2.45, 2.75) is 31.8 Å². The first-order valence-electron chi connectivity index (χ1n) is 11.4. The quantitative estimate of drug-likeness (QED) is 0.336. The van der Waals surface area contributed by atoms with Crippen LogP contribution in [0.15, 0.2) is 67.6 Å². The minimum absolute atomic E-state index is 0.0291. The molecule has 1 aliphatic carbocycles. The van der Waals surface area contributed by atoms with Crippen molar-refractivity contribution in [1.82, 2.24) is 24.3 Å². The first-order chi connectivity index (χ1) is 17.9. The second-order valence-corrected chi connectivity index (χ2v) is 8.87. The van der Waals surface area contributed by atoms with Gasteiger partial charge in [-0.15, -0.1) is 0 Å². The van der Waals surface area contributed by atoms with Crippen LogP contribution in [0.2, 0.25) is 5.02 Å². The zero-order valence-corrected chi connectivity index (χ0v) is 20.1. The van der Waals surface area contributed by atoms with Gasteiger partial charge in [-0.2, -0.15) is 4.98 Å². The van der Waals surface area contributed by atoms with Crippen LogP contribution in [0, 0.1) is 0 Å². The Morgan fingerprint density at radius 1 is 1.14 bits per heavy atom. The summed E-state index contributed by atoms with van der Waals surface area (Å²) < 4.78 is 12.7. The number of H-pyrrole nitrogens is 1. The van der Waals surface area contributed by atoms with E-state index in [4.69, 9.17) is 26.0 Å².